The van der Waals surface area contributed by atoms with Crippen LogP contribution in [-0.4, -0.2) is 211 Å². The van der Waals surface area contributed by atoms with Crippen molar-refractivity contribution in [2.75, 3.05) is 51.3 Å². The zero-order valence-electron chi connectivity index (χ0n) is 66.1. The van der Waals surface area contributed by atoms with Crippen LogP contribution in [0, 0.1) is 11.3 Å². The highest BCUT2D eigenvalue weighted by atomic mass is 32.2. The normalized spacial score (nSPS) is 23.3. The van der Waals surface area contributed by atoms with Crippen molar-refractivity contribution < 1.29 is 57.6 Å². The van der Waals surface area contributed by atoms with Gasteiger partial charge in [-0.15, -0.1) is 0 Å². The monoisotopic (exact) mass is 1620 g/mol. The van der Waals surface area contributed by atoms with Crippen LogP contribution in [0.5, 0.6) is 5.75 Å². The number of piperidine rings is 1. The van der Waals surface area contributed by atoms with E-state index in [9.17, 15) is 33.6 Å². The standard InChI is InChI=1S/C86H110N18O12S/c1-52(105)77-85(115)102-70(41-53-17-5-3-6-18-53)78(108)91-35-14-12-24-67(95-48-60(39-55-28-30-61(106)31-29-55)96-75(107)51-117(116)50-57-40-64-63-22-15-26-66-76(63)59(47-94-66)45-74(64)104(2)49-57)79(109)97-69(27-16-36-92-86(88)89)80(110)99-71(42-54-19-7-4-8-20-54)82(112)100-72(43-56-32-37-90-38-33-56)83(113)101-73(44-58-46-93-65-23-10-9-21-62(58)65)84(114)98-68(81(111)103-77)25-11-13-34-87/h3-10,15,17-23,26,28-33,37-38,46-47,52,57,60,64,67-74,77,93-95,105-106H,11-14,16,24-25,27,34-36,39-45,48-51,87H2,1-2H3,(H,91,108)(H,96,107)(H,97,109)(H,98,114)(H,99,110)(H,100,112)(H,101,113)(H,102,115)(H,103,111)(H4,88,89,92)/t52-,57-,60+,64-,67-,68+,69+,70+,71+,72+,73-,74-,77+,117?/m1/s1. The van der Waals surface area contributed by atoms with Gasteiger partial charge in [-0.25, -0.2) is 0 Å². The molecule has 3 aliphatic rings. The molecule has 2 fully saturated rings. The van der Waals surface area contributed by atoms with Gasteiger partial charge in [-0.3, -0.25) is 57.8 Å². The smallest absolute Gasteiger partial charge is 0.245 e. The minimum Gasteiger partial charge on any atom is -0.508 e. The summed E-state index contributed by atoms with van der Waals surface area (Å²) in [6.07, 6.45) is 7.97. The van der Waals surface area contributed by atoms with E-state index in [2.05, 4.69) is 110 Å². The van der Waals surface area contributed by atoms with Crippen LogP contribution in [0.1, 0.15) is 110 Å². The second kappa shape index (κ2) is 42.5. The Morgan fingerprint density at radius 3 is 1.86 bits per heavy atom. The Labute approximate surface area is 682 Å². The summed E-state index contributed by atoms with van der Waals surface area (Å²) in [4.78, 5) is 149. The Morgan fingerprint density at radius 1 is 0.632 bits per heavy atom. The average molecular weight is 1620 g/mol. The van der Waals surface area contributed by atoms with Crippen molar-refractivity contribution in [2.24, 2.45) is 17.4 Å². The number of likely N-dealkylation sites (N-methyl/N-ethyl adjacent to an activating group) is 1. The van der Waals surface area contributed by atoms with Gasteiger partial charge in [-0.2, -0.15) is 0 Å². The maximum absolute atomic E-state index is 15.5. The molecular formula is C86H110N18O12S. The van der Waals surface area contributed by atoms with E-state index in [1.165, 1.54) is 48.0 Å². The molecule has 30 nitrogen and oxygen atoms in total. The lowest BCUT2D eigenvalue weighted by Gasteiger charge is -2.45. The van der Waals surface area contributed by atoms with Gasteiger partial charge in [0, 0.05) is 133 Å². The average Bonchev–Trinajstić information content (AvgIpc) is 1.70. The van der Waals surface area contributed by atoms with Crippen LogP contribution in [0.15, 0.2) is 164 Å². The van der Waals surface area contributed by atoms with Crippen molar-refractivity contribution in [1.82, 2.24) is 78.3 Å². The quantitative estimate of drug-likeness (QED) is 0.0200. The molecule has 1 aliphatic carbocycles. The number of likely N-dealkylation sites (tertiary alicyclic amines) is 1. The van der Waals surface area contributed by atoms with Crippen molar-refractivity contribution in [3.8, 4) is 5.75 Å². The molecule has 9 amide bonds. The van der Waals surface area contributed by atoms with Crippen molar-refractivity contribution in [1.29, 1.82) is 5.41 Å². The summed E-state index contributed by atoms with van der Waals surface area (Å²) in [5, 5.41) is 63.6. The van der Waals surface area contributed by atoms with Crippen LogP contribution >= 0.6 is 0 Å². The number of hydrogen-bond donors (Lipinski definition) is 18. The lowest BCUT2D eigenvalue weighted by atomic mass is 9.73. The number of phenolic OH excluding ortho intramolecular Hbond substituents is 1. The molecule has 2 aliphatic heterocycles. The number of fused-ring (bicyclic) bond motifs is 3. The number of para-hydroxylation sites is 1. The number of aromatic nitrogens is 3. The number of H-pyrrole nitrogens is 2. The van der Waals surface area contributed by atoms with E-state index in [0.29, 0.717) is 53.0 Å². The van der Waals surface area contributed by atoms with Crippen molar-refractivity contribution in [2.45, 2.75) is 176 Å². The zero-order chi connectivity index (χ0) is 82.9. The largest absolute Gasteiger partial charge is 0.508 e. The summed E-state index contributed by atoms with van der Waals surface area (Å²) in [7, 11) is 0.510. The molecule has 3 aromatic heterocycles. The van der Waals surface area contributed by atoms with E-state index in [1.54, 1.807) is 91.1 Å². The number of rotatable bonds is 27. The van der Waals surface area contributed by atoms with Crippen LogP contribution < -0.4 is 70.0 Å². The van der Waals surface area contributed by atoms with Crippen molar-refractivity contribution in [3.63, 3.8) is 0 Å². The van der Waals surface area contributed by atoms with Crippen LogP contribution in [-0.2, 0) is 92.5 Å². The molecule has 0 bridgehead atoms. The Kier molecular flexibility index (Phi) is 31.4. The highest BCUT2D eigenvalue weighted by Crippen LogP contribution is 2.44. The third-order valence-electron chi connectivity index (χ3n) is 22.1. The number of nitrogens with zero attached hydrogens (tertiary/aromatic N) is 2. The summed E-state index contributed by atoms with van der Waals surface area (Å²) < 4.78 is 14.3. The number of aromatic amines is 2. The lowest BCUT2D eigenvalue weighted by Crippen LogP contribution is -2.62. The number of aliphatic hydroxyl groups is 1. The molecule has 0 saturated carbocycles. The van der Waals surface area contributed by atoms with E-state index in [4.69, 9.17) is 16.9 Å². The zero-order valence-corrected chi connectivity index (χ0v) is 66.9. The predicted molar refractivity (Wildman–Crippen MR) is 447 cm³/mol. The van der Waals surface area contributed by atoms with Gasteiger partial charge in [0.1, 0.15) is 53.8 Å². The molecule has 5 aromatic carbocycles. The molecule has 1 unspecified atom stereocenters. The molecule has 8 aromatic rings. The van der Waals surface area contributed by atoms with Gasteiger partial charge in [0.2, 0.25) is 53.2 Å². The number of aromatic hydroxyl groups is 1. The molecule has 11 rings (SSSR count). The number of guanidine groups is 1. The molecule has 117 heavy (non-hydrogen) atoms. The van der Waals surface area contributed by atoms with Gasteiger partial charge < -0.3 is 95.0 Å². The first-order valence-electron chi connectivity index (χ1n) is 40.4. The number of benzene rings is 5. The molecule has 2 saturated heterocycles. The Hall–Kier alpha value is -11.4. The second-order valence-corrected chi connectivity index (χ2v) is 32.5. The van der Waals surface area contributed by atoms with Gasteiger partial charge in [0.05, 0.1) is 12.1 Å². The van der Waals surface area contributed by atoms with Crippen LogP contribution in [0.25, 0.3) is 21.8 Å². The number of carbonyl (C=O) groups is 9. The third kappa shape index (κ3) is 24.8. The van der Waals surface area contributed by atoms with E-state index in [1.807, 2.05) is 24.3 Å². The van der Waals surface area contributed by atoms with Gasteiger partial charge in [-0.05, 0) is 172 Å². The summed E-state index contributed by atoms with van der Waals surface area (Å²) in [5.74, 6) is -7.03. The van der Waals surface area contributed by atoms with Gasteiger partial charge in [0.25, 0.3) is 0 Å². The molecule has 5 heterocycles. The number of unbranched alkanes of at least 4 members (excludes halogenated alkanes) is 1. The first kappa shape index (κ1) is 86.5. The number of phenols is 1. The number of carbonyl (C=O) groups excluding carboxylic acids is 9. The van der Waals surface area contributed by atoms with Crippen LogP contribution in [0.2, 0.25) is 0 Å². The summed E-state index contributed by atoms with van der Waals surface area (Å²) in [6.45, 7) is 2.27. The minimum absolute atomic E-state index is 0.0122. The maximum atomic E-state index is 15.5. The summed E-state index contributed by atoms with van der Waals surface area (Å²) >= 11 is 0. The molecule has 14 atom stereocenters. The van der Waals surface area contributed by atoms with Crippen molar-refractivity contribution >= 4 is 91.7 Å². The van der Waals surface area contributed by atoms with E-state index in [-0.39, 0.29) is 132 Å². The van der Waals surface area contributed by atoms with Gasteiger partial charge >= 0.3 is 0 Å². The molecule has 20 N–H and O–H groups in total. The van der Waals surface area contributed by atoms with Crippen molar-refractivity contribution in [3.05, 3.63) is 203 Å². The van der Waals surface area contributed by atoms with Gasteiger partial charge in [-0.1, -0.05) is 103 Å². The number of nitrogens with one attached hydrogen (secondary N) is 14. The Bertz CT molecular complexity index is 4730. The lowest BCUT2D eigenvalue weighted by molar-refractivity contribution is -0.136. The van der Waals surface area contributed by atoms with E-state index in [0.717, 1.165) is 29.3 Å². The number of pyridine rings is 1. The van der Waals surface area contributed by atoms with Gasteiger partial charge in [0.15, 0.2) is 5.96 Å². The molecular weight excluding hydrogens is 1510 g/mol. The SMILES string of the molecule is C[C@@H](O)[C@@H]1NC(=O)[C@H](CCCCN)NC(=O)[C@@H](Cc2c[nH]c3ccccc23)NC(=O)[C@H](Cc2ccncc2)NC(=O)[C@H](Cc2ccccc2)NC(=O)[C@H](CCCNC(=N)N)NC(=O)[C@H](NC[C@H](Cc2ccc(O)cc2)NC(=O)CS(=O)C[C@@H]2C[C@@H]3c4cccc5[nH]cc(c45)C[C@H]3N(C)C2)CCCCNC(=O)[C@H](Cc2ccccc2)NC1=O. The minimum atomic E-state index is -1.69. The second-order valence-electron chi connectivity index (χ2n) is 31.0. The summed E-state index contributed by atoms with van der Waals surface area (Å²) in [6, 6.07) is 29.2. The van der Waals surface area contributed by atoms with E-state index < -0.39 is 124 Å². The summed E-state index contributed by atoms with van der Waals surface area (Å²) in [5.41, 5.74) is 19.1. The van der Waals surface area contributed by atoms with E-state index >= 15 is 24.0 Å². The first-order valence-corrected chi connectivity index (χ1v) is 41.8. The highest BCUT2D eigenvalue weighted by Gasteiger charge is 2.41. The maximum Gasteiger partial charge on any atom is 0.245 e. The Morgan fingerprint density at radius 2 is 1.21 bits per heavy atom. The first-order chi connectivity index (χ1) is 56.5. The number of amides is 9. The fraction of sp³-hybridized carbons (Fsp3) is 0.430. The number of hydrogen-bond acceptors (Lipinski definition) is 17. The molecule has 0 radical (unpaired) electrons. The highest BCUT2D eigenvalue weighted by molar-refractivity contribution is 7.85. The third-order valence-corrected chi connectivity index (χ3v) is 23.5. The van der Waals surface area contributed by atoms with Crippen LogP contribution in [0.3, 0.4) is 0 Å². The van der Waals surface area contributed by atoms with Crippen LogP contribution in [0.4, 0.5) is 0 Å². The predicted octanol–water partition coefficient (Wildman–Crippen LogP) is 2.58. The molecule has 0 spiro atoms. The number of aliphatic hydroxyl groups excluding tert-OH is 1. The fourth-order valence-corrected chi connectivity index (χ4v) is 17.3. The number of nitrogens with two attached hydrogens (primary N) is 2. The molecule has 31 heteroatoms. The fourth-order valence-electron chi connectivity index (χ4n) is 16.1. The molecule has 622 valence electrons. The topological polar surface area (TPSA) is 467 Å². The Balaban J connectivity index is 0.909.